The predicted octanol–water partition coefficient (Wildman–Crippen LogP) is 3.93. The molecular weight excluding hydrogens is 400 g/mol. The topological polar surface area (TPSA) is 67.2 Å². The van der Waals surface area contributed by atoms with Crippen LogP contribution < -0.4 is 5.32 Å². The fourth-order valence-corrected chi connectivity index (χ4v) is 3.98. The summed E-state index contributed by atoms with van der Waals surface area (Å²) in [4.78, 5) is 31.9. The summed E-state index contributed by atoms with van der Waals surface area (Å²) < 4.78 is 1.80. The Labute approximate surface area is 190 Å². The third kappa shape index (κ3) is 6.06. The van der Waals surface area contributed by atoms with Crippen molar-refractivity contribution in [2.24, 2.45) is 7.05 Å². The van der Waals surface area contributed by atoms with Gasteiger partial charge in [-0.1, -0.05) is 30.3 Å². The zero-order chi connectivity index (χ0) is 23.1. The van der Waals surface area contributed by atoms with Gasteiger partial charge in [0, 0.05) is 49.8 Å². The van der Waals surface area contributed by atoms with Gasteiger partial charge in [-0.2, -0.15) is 0 Å². The fraction of sp³-hybridized carbons (Fsp3) is 0.346. The lowest BCUT2D eigenvalue weighted by Crippen LogP contribution is -2.40. The third-order valence-electron chi connectivity index (χ3n) is 5.75. The number of pyridine rings is 1. The van der Waals surface area contributed by atoms with E-state index in [4.69, 9.17) is 0 Å². The molecule has 168 valence electrons. The first-order valence-corrected chi connectivity index (χ1v) is 11.0. The normalized spacial score (nSPS) is 11.8. The van der Waals surface area contributed by atoms with E-state index in [1.54, 1.807) is 10.6 Å². The Hall–Kier alpha value is -3.41. The minimum absolute atomic E-state index is 0.00908. The van der Waals surface area contributed by atoms with Crippen molar-refractivity contribution in [1.29, 1.82) is 0 Å². The zero-order valence-electron chi connectivity index (χ0n) is 19.3. The van der Waals surface area contributed by atoms with Crippen molar-refractivity contribution >= 4 is 11.8 Å². The van der Waals surface area contributed by atoms with Crippen molar-refractivity contribution in [2.45, 2.75) is 39.2 Å². The first kappa shape index (κ1) is 23.3. The molecular formula is C26H32N4O2. The van der Waals surface area contributed by atoms with E-state index in [-0.39, 0.29) is 17.9 Å². The Bertz CT molecular complexity index is 1040. The van der Waals surface area contributed by atoms with Crippen LogP contribution in [-0.2, 0) is 13.5 Å². The van der Waals surface area contributed by atoms with Crippen molar-refractivity contribution in [2.75, 3.05) is 13.6 Å². The maximum absolute atomic E-state index is 13.2. The maximum Gasteiger partial charge on any atom is 0.267 e. The summed E-state index contributed by atoms with van der Waals surface area (Å²) in [5.41, 5.74) is 4.17. The number of nitrogens with zero attached hydrogens (tertiary/aromatic N) is 3. The molecule has 1 aromatic carbocycles. The summed E-state index contributed by atoms with van der Waals surface area (Å²) >= 11 is 0. The molecule has 32 heavy (non-hydrogen) atoms. The van der Waals surface area contributed by atoms with Gasteiger partial charge in [0.2, 0.25) is 0 Å². The van der Waals surface area contributed by atoms with E-state index in [1.165, 1.54) is 5.56 Å². The molecule has 0 bridgehead atoms. The molecule has 2 aromatic heterocycles. The molecule has 0 aliphatic carbocycles. The van der Waals surface area contributed by atoms with Crippen molar-refractivity contribution in [1.82, 2.24) is 19.8 Å². The minimum Gasteiger partial charge on any atom is -0.351 e. The second kappa shape index (κ2) is 10.8. The molecule has 3 aromatic rings. The molecule has 2 heterocycles. The van der Waals surface area contributed by atoms with E-state index in [0.29, 0.717) is 24.2 Å². The molecule has 0 saturated heterocycles. The largest absolute Gasteiger partial charge is 0.351 e. The highest BCUT2D eigenvalue weighted by molar-refractivity contribution is 5.94. The van der Waals surface area contributed by atoms with Gasteiger partial charge in [0.15, 0.2) is 0 Å². The van der Waals surface area contributed by atoms with E-state index in [9.17, 15) is 9.59 Å². The maximum atomic E-state index is 13.2. The van der Waals surface area contributed by atoms with Crippen molar-refractivity contribution in [3.8, 4) is 0 Å². The molecule has 0 fully saturated rings. The standard InChI is InChI=1S/C26H32N4O2/c1-19-17-22(18-20(2)28-19)26(32)30(4)23(13-12-21-9-6-5-7-10-21)14-15-27-25(31)24-11-8-16-29(24)3/h5-11,16-18,23H,12-15H2,1-4H3,(H,27,31). The lowest BCUT2D eigenvalue weighted by atomic mass is 10.0. The summed E-state index contributed by atoms with van der Waals surface area (Å²) in [5, 5.41) is 3.00. The number of rotatable bonds is 9. The van der Waals surface area contributed by atoms with Gasteiger partial charge in [0.25, 0.3) is 11.8 Å². The third-order valence-corrected chi connectivity index (χ3v) is 5.75. The highest BCUT2D eigenvalue weighted by Crippen LogP contribution is 2.16. The Balaban J connectivity index is 1.69. The van der Waals surface area contributed by atoms with Gasteiger partial charge in [0.05, 0.1) is 0 Å². The van der Waals surface area contributed by atoms with Gasteiger partial charge in [0.1, 0.15) is 5.69 Å². The second-order valence-electron chi connectivity index (χ2n) is 8.28. The molecule has 2 amide bonds. The van der Waals surface area contributed by atoms with Gasteiger partial charge < -0.3 is 14.8 Å². The molecule has 0 radical (unpaired) electrons. The number of hydrogen-bond acceptors (Lipinski definition) is 3. The molecule has 1 atom stereocenters. The molecule has 3 rings (SSSR count). The van der Waals surface area contributed by atoms with Crippen LogP contribution in [0.5, 0.6) is 0 Å². The number of carbonyl (C=O) groups is 2. The SMILES string of the molecule is Cc1cc(C(=O)N(C)C(CCNC(=O)c2cccn2C)CCc2ccccc2)cc(C)n1. The smallest absolute Gasteiger partial charge is 0.267 e. The molecule has 0 aliphatic heterocycles. The highest BCUT2D eigenvalue weighted by atomic mass is 16.2. The van der Waals surface area contributed by atoms with E-state index >= 15 is 0 Å². The minimum atomic E-state index is -0.103. The lowest BCUT2D eigenvalue weighted by Gasteiger charge is -2.29. The number of amides is 2. The summed E-state index contributed by atoms with van der Waals surface area (Å²) in [7, 11) is 3.70. The number of benzene rings is 1. The molecule has 0 saturated carbocycles. The van der Waals surface area contributed by atoms with E-state index in [2.05, 4.69) is 22.4 Å². The summed E-state index contributed by atoms with van der Waals surface area (Å²) in [5.74, 6) is -0.126. The van der Waals surface area contributed by atoms with E-state index in [1.807, 2.05) is 75.4 Å². The van der Waals surface area contributed by atoms with Gasteiger partial charge in [-0.25, -0.2) is 0 Å². The van der Waals surface area contributed by atoms with Gasteiger partial charge in [-0.15, -0.1) is 0 Å². The van der Waals surface area contributed by atoms with Crippen LogP contribution in [-0.4, -0.2) is 45.9 Å². The Morgan fingerprint density at radius 3 is 2.34 bits per heavy atom. The highest BCUT2D eigenvalue weighted by Gasteiger charge is 2.22. The molecule has 0 aliphatic rings. The monoisotopic (exact) mass is 432 g/mol. The predicted molar refractivity (Wildman–Crippen MR) is 127 cm³/mol. The van der Waals surface area contributed by atoms with Crippen molar-refractivity contribution in [3.05, 3.63) is 89.0 Å². The Morgan fingerprint density at radius 1 is 1.03 bits per heavy atom. The number of carbonyl (C=O) groups excluding carboxylic acids is 2. The fourth-order valence-electron chi connectivity index (χ4n) is 3.98. The average Bonchev–Trinajstić information content (AvgIpc) is 3.21. The van der Waals surface area contributed by atoms with Crippen LogP contribution in [0.1, 0.15) is 50.6 Å². The van der Waals surface area contributed by atoms with Crippen LogP contribution in [0.15, 0.2) is 60.8 Å². The van der Waals surface area contributed by atoms with Crippen LogP contribution in [0.4, 0.5) is 0 Å². The van der Waals surface area contributed by atoms with E-state index < -0.39 is 0 Å². The second-order valence-corrected chi connectivity index (χ2v) is 8.28. The van der Waals surface area contributed by atoms with Crippen LogP contribution in [0.25, 0.3) is 0 Å². The molecule has 6 nitrogen and oxygen atoms in total. The average molecular weight is 433 g/mol. The molecule has 1 unspecified atom stereocenters. The van der Waals surface area contributed by atoms with Gasteiger partial charge in [-0.3, -0.25) is 14.6 Å². The lowest BCUT2D eigenvalue weighted by molar-refractivity contribution is 0.0715. The molecule has 1 N–H and O–H groups in total. The Kier molecular flexibility index (Phi) is 7.82. The van der Waals surface area contributed by atoms with E-state index in [0.717, 1.165) is 24.2 Å². The van der Waals surface area contributed by atoms with Gasteiger partial charge >= 0.3 is 0 Å². The first-order valence-electron chi connectivity index (χ1n) is 11.0. The summed E-state index contributed by atoms with van der Waals surface area (Å²) in [6.45, 7) is 4.29. The quantitative estimate of drug-likeness (QED) is 0.557. The number of aryl methyl sites for hydroxylation is 4. The Morgan fingerprint density at radius 2 is 1.72 bits per heavy atom. The van der Waals surface area contributed by atoms with Crippen LogP contribution in [0.3, 0.4) is 0 Å². The summed E-state index contributed by atoms with van der Waals surface area (Å²) in [6.07, 6.45) is 4.20. The van der Waals surface area contributed by atoms with Gasteiger partial charge in [-0.05, 0) is 62.9 Å². The molecule has 0 spiro atoms. The first-order chi connectivity index (χ1) is 15.3. The number of nitrogens with one attached hydrogen (secondary N) is 1. The van der Waals surface area contributed by atoms with Crippen LogP contribution >= 0.6 is 0 Å². The summed E-state index contributed by atoms with van der Waals surface area (Å²) in [6, 6.07) is 17.6. The van der Waals surface area contributed by atoms with Crippen molar-refractivity contribution < 1.29 is 9.59 Å². The number of hydrogen-bond donors (Lipinski definition) is 1. The zero-order valence-corrected chi connectivity index (χ0v) is 19.3. The molecule has 6 heteroatoms. The van der Waals surface area contributed by atoms with Crippen LogP contribution in [0.2, 0.25) is 0 Å². The van der Waals surface area contributed by atoms with Crippen LogP contribution in [0, 0.1) is 13.8 Å². The number of aromatic nitrogens is 2. The van der Waals surface area contributed by atoms with Crippen molar-refractivity contribution in [3.63, 3.8) is 0 Å².